The number of nitrogens with one attached hydrogen (secondary N) is 1. The molecule has 1 atom stereocenters. The van der Waals surface area contributed by atoms with Crippen LogP contribution in [0.3, 0.4) is 0 Å². The van der Waals surface area contributed by atoms with Crippen molar-refractivity contribution < 1.29 is 0 Å². The fourth-order valence-electron chi connectivity index (χ4n) is 2.44. The maximum absolute atomic E-state index is 7.53. The minimum atomic E-state index is 0.104. The van der Waals surface area contributed by atoms with Gasteiger partial charge in [0.1, 0.15) is 17.4 Å². The summed E-state index contributed by atoms with van der Waals surface area (Å²) >= 11 is 0. The molecular formula is C11H18N4. The molecule has 2 rings (SSSR count). The smallest absolute Gasteiger partial charge is 0.143 e. The van der Waals surface area contributed by atoms with E-state index in [0.717, 1.165) is 24.4 Å². The Morgan fingerprint density at radius 1 is 1.67 bits per heavy atom. The van der Waals surface area contributed by atoms with Crippen molar-refractivity contribution in [1.29, 1.82) is 5.41 Å². The SMILES string of the molecule is CCc1nc(C(=N)N)c2n1C(C)CCC2. The Bertz CT molecular complexity index is 392. The minimum absolute atomic E-state index is 0.104. The van der Waals surface area contributed by atoms with Gasteiger partial charge in [0.15, 0.2) is 0 Å². The molecule has 0 fully saturated rings. The van der Waals surface area contributed by atoms with Crippen LogP contribution in [0.1, 0.15) is 49.9 Å². The molecule has 0 spiro atoms. The van der Waals surface area contributed by atoms with E-state index in [1.54, 1.807) is 0 Å². The Kier molecular flexibility index (Phi) is 2.50. The summed E-state index contributed by atoms with van der Waals surface area (Å²) in [6.45, 7) is 4.31. The van der Waals surface area contributed by atoms with E-state index < -0.39 is 0 Å². The molecule has 0 aliphatic carbocycles. The number of nitrogen functional groups attached to an aromatic ring is 1. The number of imidazole rings is 1. The molecule has 0 aromatic carbocycles. The van der Waals surface area contributed by atoms with Crippen molar-refractivity contribution in [2.75, 3.05) is 0 Å². The van der Waals surface area contributed by atoms with Gasteiger partial charge in [0.05, 0.1) is 0 Å². The van der Waals surface area contributed by atoms with Crippen molar-refractivity contribution in [3.05, 3.63) is 17.2 Å². The normalized spacial score (nSPS) is 20.0. The second-order valence-corrected chi connectivity index (χ2v) is 4.20. The number of rotatable bonds is 2. The Labute approximate surface area is 90.0 Å². The van der Waals surface area contributed by atoms with E-state index in [4.69, 9.17) is 11.1 Å². The van der Waals surface area contributed by atoms with E-state index in [-0.39, 0.29) is 5.84 Å². The molecule has 1 unspecified atom stereocenters. The fraction of sp³-hybridized carbons (Fsp3) is 0.636. The molecule has 0 saturated carbocycles. The van der Waals surface area contributed by atoms with Gasteiger partial charge >= 0.3 is 0 Å². The van der Waals surface area contributed by atoms with Crippen LogP contribution in [-0.2, 0) is 12.8 Å². The second-order valence-electron chi connectivity index (χ2n) is 4.20. The summed E-state index contributed by atoms with van der Waals surface area (Å²) in [4.78, 5) is 4.47. The van der Waals surface area contributed by atoms with Crippen molar-refractivity contribution >= 4 is 5.84 Å². The molecule has 2 heterocycles. The van der Waals surface area contributed by atoms with Gasteiger partial charge in [-0.2, -0.15) is 0 Å². The highest BCUT2D eigenvalue weighted by molar-refractivity contribution is 5.94. The summed E-state index contributed by atoms with van der Waals surface area (Å²) in [5, 5.41) is 7.53. The van der Waals surface area contributed by atoms with Crippen LogP contribution in [0.25, 0.3) is 0 Å². The van der Waals surface area contributed by atoms with Gasteiger partial charge in [-0.15, -0.1) is 0 Å². The lowest BCUT2D eigenvalue weighted by Crippen LogP contribution is -2.20. The fourth-order valence-corrected chi connectivity index (χ4v) is 2.44. The van der Waals surface area contributed by atoms with Crippen LogP contribution < -0.4 is 5.73 Å². The van der Waals surface area contributed by atoms with Gasteiger partial charge in [-0.3, -0.25) is 5.41 Å². The average molecular weight is 206 g/mol. The molecule has 1 aromatic rings. The van der Waals surface area contributed by atoms with Crippen LogP contribution in [0.5, 0.6) is 0 Å². The molecule has 1 aromatic heterocycles. The monoisotopic (exact) mass is 206 g/mol. The van der Waals surface area contributed by atoms with Gasteiger partial charge in [0.2, 0.25) is 0 Å². The summed E-state index contributed by atoms with van der Waals surface area (Å²) in [7, 11) is 0. The highest BCUT2D eigenvalue weighted by Gasteiger charge is 2.24. The lowest BCUT2D eigenvalue weighted by Gasteiger charge is -2.24. The number of hydrogen-bond acceptors (Lipinski definition) is 2. The number of nitrogens with zero attached hydrogens (tertiary/aromatic N) is 2. The van der Waals surface area contributed by atoms with Crippen molar-refractivity contribution in [3.63, 3.8) is 0 Å². The maximum atomic E-state index is 7.53. The Balaban J connectivity index is 2.57. The molecule has 4 heteroatoms. The molecule has 1 aliphatic heterocycles. The predicted octanol–water partition coefficient (Wildman–Crippen LogP) is 1.63. The minimum Gasteiger partial charge on any atom is -0.382 e. The molecule has 15 heavy (non-hydrogen) atoms. The molecule has 0 saturated heterocycles. The van der Waals surface area contributed by atoms with E-state index in [0.29, 0.717) is 11.7 Å². The third-order valence-electron chi connectivity index (χ3n) is 3.13. The Morgan fingerprint density at radius 2 is 2.40 bits per heavy atom. The highest BCUT2D eigenvalue weighted by atomic mass is 15.1. The number of amidine groups is 1. The molecule has 0 bridgehead atoms. The second kappa shape index (κ2) is 3.68. The van der Waals surface area contributed by atoms with Gasteiger partial charge in [-0.1, -0.05) is 6.92 Å². The first-order chi connectivity index (χ1) is 7.15. The highest BCUT2D eigenvalue weighted by Crippen LogP contribution is 2.28. The predicted molar refractivity (Wildman–Crippen MR) is 60.3 cm³/mol. The first kappa shape index (κ1) is 10.2. The van der Waals surface area contributed by atoms with Gasteiger partial charge in [-0.25, -0.2) is 4.98 Å². The van der Waals surface area contributed by atoms with Crippen molar-refractivity contribution in [2.24, 2.45) is 5.73 Å². The molecule has 3 N–H and O–H groups in total. The van der Waals surface area contributed by atoms with Crippen molar-refractivity contribution in [1.82, 2.24) is 9.55 Å². The standard InChI is InChI=1S/C11H18N4/c1-3-9-14-10(11(12)13)8-6-4-5-7(2)15(8)9/h7H,3-6H2,1-2H3,(H3,12,13). The lowest BCUT2D eigenvalue weighted by atomic mass is 10.0. The Hall–Kier alpha value is -1.32. The summed E-state index contributed by atoms with van der Waals surface area (Å²) < 4.78 is 2.28. The van der Waals surface area contributed by atoms with Crippen molar-refractivity contribution in [3.8, 4) is 0 Å². The zero-order chi connectivity index (χ0) is 11.0. The summed E-state index contributed by atoms with van der Waals surface area (Å²) in [5.41, 5.74) is 7.43. The summed E-state index contributed by atoms with van der Waals surface area (Å²) in [6.07, 6.45) is 4.29. The van der Waals surface area contributed by atoms with E-state index in [1.165, 1.54) is 12.8 Å². The molecule has 4 nitrogen and oxygen atoms in total. The van der Waals surface area contributed by atoms with Gasteiger partial charge < -0.3 is 10.3 Å². The van der Waals surface area contributed by atoms with Gasteiger partial charge in [-0.05, 0) is 26.2 Å². The van der Waals surface area contributed by atoms with Crippen LogP contribution in [0.15, 0.2) is 0 Å². The third-order valence-corrected chi connectivity index (χ3v) is 3.13. The topological polar surface area (TPSA) is 67.7 Å². The number of fused-ring (bicyclic) bond motifs is 1. The molecule has 0 amide bonds. The van der Waals surface area contributed by atoms with E-state index in [2.05, 4.69) is 23.4 Å². The number of nitrogens with two attached hydrogens (primary N) is 1. The van der Waals surface area contributed by atoms with Gasteiger partial charge in [0.25, 0.3) is 0 Å². The summed E-state index contributed by atoms with van der Waals surface area (Å²) in [6, 6.07) is 0.504. The van der Waals surface area contributed by atoms with Crippen LogP contribution >= 0.6 is 0 Å². The summed E-state index contributed by atoms with van der Waals surface area (Å²) in [5.74, 6) is 1.18. The molecule has 0 radical (unpaired) electrons. The molecule has 1 aliphatic rings. The first-order valence-electron chi connectivity index (χ1n) is 5.59. The maximum Gasteiger partial charge on any atom is 0.143 e. The zero-order valence-electron chi connectivity index (χ0n) is 9.38. The van der Waals surface area contributed by atoms with E-state index in [1.807, 2.05) is 0 Å². The largest absolute Gasteiger partial charge is 0.382 e. The third kappa shape index (κ3) is 1.54. The first-order valence-corrected chi connectivity index (χ1v) is 5.59. The van der Waals surface area contributed by atoms with E-state index in [9.17, 15) is 0 Å². The van der Waals surface area contributed by atoms with Crippen molar-refractivity contribution in [2.45, 2.75) is 45.6 Å². The van der Waals surface area contributed by atoms with Gasteiger partial charge in [0, 0.05) is 18.2 Å². The number of hydrogen-bond donors (Lipinski definition) is 2. The Morgan fingerprint density at radius 3 is 3.00 bits per heavy atom. The number of aryl methyl sites for hydroxylation is 1. The van der Waals surface area contributed by atoms with Crippen LogP contribution in [0.2, 0.25) is 0 Å². The number of aromatic nitrogens is 2. The molecular weight excluding hydrogens is 188 g/mol. The quantitative estimate of drug-likeness (QED) is 0.570. The zero-order valence-corrected chi connectivity index (χ0v) is 9.38. The van der Waals surface area contributed by atoms with E-state index >= 15 is 0 Å². The lowest BCUT2D eigenvalue weighted by molar-refractivity contribution is 0.419. The van der Waals surface area contributed by atoms with Crippen LogP contribution in [0.4, 0.5) is 0 Å². The van der Waals surface area contributed by atoms with Crippen LogP contribution in [-0.4, -0.2) is 15.4 Å². The van der Waals surface area contributed by atoms with Crippen LogP contribution in [0, 0.1) is 5.41 Å². The average Bonchev–Trinajstić information content (AvgIpc) is 2.58. The molecule has 82 valence electrons.